The average Bonchev–Trinajstić information content (AvgIpc) is 2.82. The fourth-order valence-electron chi connectivity index (χ4n) is 2.83. The fourth-order valence-corrected chi connectivity index (χ4v) is 2.83. The van der Waals surface area contributed by atoms with Crippen molar-refractivity contribution in [1.82, 2.24) is 9.80 Å². The summed E-state index contributed by atoms with van der Waals surface area (Å²) in [4.78, 5) is 26.2. The summed E-state index contributed by atoms with van der Waals surface area (Å²) in [5.74, 6) is -1.27. The van der Waals surface area contributed by atoms with Gasteiger partial charge in [-0.1, -0.05) is 0 Å². The molecule has 0 spiro atoms. The van der Waals surface area contributed by atoms with Gasteiger partial charge in [0.05, 0.1) is 0 Å². The Balaban J connectivity index is 1.77. The molecule has 0 aromatic heterocycles. The number of hydrogen-bond acceptors (Lipinski definition) is 3. The van der Waals surface area contributed by atoms with Crippen molar-refractivity contribution in [2.75, 3.05) is 26.2 Å². The average molecular weight is 240 g/mol. The van der Waals surface area contributed by atoms with Gasteiger partial charge in [0.25, 0.3) is 0 Å². The molecule has 1 amide bonds. The molecule has 2 aliphatic heterocycles. The largest absolute Gasteiger partial charge is 0.481 e. The van der Waals surface area contributed by atoms with Crippen molar-refractivity contribution in [3.63, 3.8) is 0 Å². The minimum absolute atomic E-state index is 0.239. The van der Waals surface area contributed by atoms with Gasteiger partial charge < -0.3 is 14.9 Å². The molecule has 0 bridgehead atoms. The van der Waals surface area contributed by atoms with Crippen LogP contribution in [0.3, 0.4) is 0 Å². The number of nitrogens with zero attached hydrogens (tertiary/aromatic N) is 2. The molecule has 5 nitrogen and oxygen atoms in total. The van der Waals surface area contributed by atoms with E-state index in [0.29, 0.717) is 19.1 Å². The Morgan fingerprint density at radius 3 is 2.18 bits per heavy atom. The van der Waals surface area contributed by atoms with Crippen LogP contribution in [0.4, 0.5) is 0 Å². The lowest BCUT2D eigenvalue weighted by Crippen LogP contribution is -2.46. The summed E-state index contributed by atoms with van der Waals surface area (Å²) in [7, 11) is 0. The van der Waals surface area contributed by atoms with Crippen LogP contribution >= 0.6 is 0 Å². The van der Waals surface area contributed by atoms with Crippen LogP contribution in [0.2, 0.25) is 0 Å². The molecular weight excluding hydrogens is 220 g/mol. The van der Waals surface area contributed by atoms with Gasteiger partial charge in [-0.25, -0.2) is 0 Å². The van der Waals surface area contributed by atoms with Gasteiger partial charge in [-0.05, 0) is 38.8 Å². The molecule has 0 aromatic carbocycles. The molecule has 0 aromatic rings. The van der Waals surface area contributed by atoms with Crippen molar-refractivity contribution in [2.45, 2.75) is 38.1 Å². The van der Waals surface area contributed by atoms with Gasteiger partial charge in [-0.2, -0.15) is 0 Å². The highest BCUT2D eigenvalue weighted by Gasteiger charge is 2.28. The highest BCUT2D eigenvalue weighted by molar-refractivity contribution is 5.93. The Labute approximate surface area is 101 Å². The van der Waals surface area contributed by atoms with Gasteiger partial charge in [0.15, 0.2) is 0 Å². The normalized spacial score (nSPS) is 22.9. The molecule has 2 aliphatic rings. The minimum atomic E-state index is -1.03. The van der Waals surface area contributed by atoms with Gasteiger partial charge in [-0.3, -0.25) is 9.59 Å². The van der Waals surface area contributed by atoms with E-state index in [-0.39, 0.29) is 12.3 Å². The maximum atomic E-state index is 11.6. The summed E-state index contributed by atoms with van der Waals surface area (Å²) in [5.41, 5.74) is 0. The standard InChI is InChI=1S/C12H20N2O3/c15-11(9-12(16)17)14-7-3-10(4-8-14)13-5-1-2-6-13/h10H,1-9H2,(H,16,17). The van der Waals surface area contributed by atoms with E-state index in [1.165, 1.54) is 25.9 Å². The second-order valence-corrected chi connectivity index (χ2v) is 4.93. The number of piperidine rings is 1. The van der Waals surface area contributed by atoms with E-state index in [1.54, 1.807) is 4.90 Å². The molecule has 0 unspecified atom stereocenters. The van der Waals surface area contributed by atoms with Crippen molar-refractivity contribution < 1.29 is 14.7 Å². The summed E-state index contributed by atoms with van der Waals surface area (Å²) in [6.07, 6.45) is 4.20. The van der Waals surface area contributed by atoms with E-state index in [2.05, 4.69) is 4.90 Å². The third-order valence-electron chi connectivity index (χ3n) is 3.78. The number of carboxylic acids is 1. The first-order chi connectivity index (χ1) is 8.16. The van der Waals surface area contributed by atoms with E-state index in [1.807, 2.05) is 0 Å². The van der Waals surface area contributed by atoms with E-state index in [9.17, 15) is 9.59 Å². The predicted molar refractivity (Wildman–Crippen MR) is 62.7 cm³/mol. The molecule has 2 heterocycles. The van der Waals surface area contributed by atoms with E-state index in [0.717, 1.165) is 12.8 Å². The predicted octanol–water partition coefficient (Wildman–Crippen LogP) is 0.548. The molecule has 2 fully saturated rings. The van der Waals surface area contributed by atoms with Crippen LogP contribution in [0.25, 0.3) is 0 Å². The Bertz CT molecular complexity index is 292. The number of likely N-dealkylation sites (tertiary alicyclic amines) is 2. The zero-order valence-electron chi connectivity index (χ0n) is 10.1. The maximum Gasteiger partial charge on any atom is 0.312 e. The summed E-state index contributed by atoms with van der Waals surface area (Å²) >= 11 is 0. The molecule has 17 heavy (non-hydrogen) atoms. The van der Waals surface area contributed by atoms with E-state index >= 15 is 0 Å². The molecule has 2 saturated heterocycles. The summed E-state index contributed by atoms with van der Waals surface area (Å²) in [6.45, 7) is 3.81. The van der Waals surface area contributed by atoms with Crippen molar-refractivity contribution in [2.24, 2.45) is 0 Å². The Kier molecular flexibility index (Phi) is 3.99. The quantitative estimate of drug-likeness (QED) is 0.732. The van der Waals surface area contributed by atoms with Crippen LogP contribution < -0.4 is 0 Å². The Morgan fingerprint density at radius 1 is 1.06 bits per heavy atom. The van der Waals surface area contributed by atoms with Gasteiger partial charge >= 0.3 is 5.97 Å². The molecule has 1 N–H and O–H groups in total. The first kappa shape index (κ1) is 12.4. The van der Waals surface area contributed by atoms with Crippen molar-refractivity contribution in [1.29, 1.82) is 0 Å². The lowest BCUT2D eigenvalue weighted by molar-refractivity contribution is -0.144. The first-order valence-electron chi connectivity index (χ1n) is 6.40. The summed E-state index contributed by atoms with van der Waals surface area (Å²) in [6, 6.07) is 0.603. The van der Waals surface area contributed by atoms with Crippen LogP contribution in [0.1, 0.15) is 32.1 Å². The summed E-state index contributed by atoms with van der Waals surface area (Å²) in [5, 5.41) is 8.58. The number of hydrogen-bond donors (Lipinski definition) is 1. The van der Waals surface area contributed by atoms with Gasteiger partial charge in [0.1, 0.15) is 6.42 Å². The number of carbonyl (C=O) groups excluding carboxylic acids is 1. The molecule has 0 saturated carbocycles. The van der Waals surface area contributed by atoms with Crippen molar-refractivity contribution in [3.05, 3.63) is 0 Å². The lowest BCUT2D eigenvalue weighted by atomic mass is 10.0. The number of rotatable bonds is 3. The molecule has 96 valence electrons. The lowest BCUT2D eigenvalue weighted by Gasteiger charge is -2.36. The third-order valence-corrected chi connectivity index (χ3v) is 3.78. The second kappa shape index (κ2) is 5.49. The van der Waals surface area contributed by atoms with E-state index in [4.69, 9.17) is 5.11 Å². The fraction of sp³-hybridized carbons (Fsp3) is 0.833. The van der Waals surface area contributed by atoms with Crippen LogP contribution in [-0.4, -0.2) is 59.0 Å². The zero-order valence-corrected chi connectivity index (χ0v) is 10.1. The molecule has 5 heteroatoms. The molecular formula is C12H20N2O3. The Morgan fingerprint density at radius 2 is 1.65 bits per heavy atom. The number of aliphatic carboxylic acids is 1. The zero-order chi connectivity index (χ0) is 12.3. The van der Waals surface area contributed by atoms with Crippen LogP contribution in [-0.2, 0) is 9.59 Å². The van der Waals surface area contributed by atoms with Gasteiger partial charge in [-0.15, -0.1) is 0 Å². The topological polar surface area (TPSA) is 60.9 Å². The van der Waals surface area contributed by atoms with Crippen LogP contribution in [0, 0.1) is 0 Å². The number of amides is 1. The maximum absolute atomic E-state index is 11.6. The minimum Gasteiger partial charge on any atom is -0.481 e. The number of carbonyl (C=O) groups is 2. The van der Waals surface area contributed by atoms with Gasteiger partial charge in [0, 0.05) is 19.1 Å². The molecule has 0 aliphatic carbocycles. The van der Waals surface area contributed by atoms with Gasteiger partial charge in [0.2, 0.25) is 5.91 Å². The SMILES string of the molecule is O=C(O)CC(=O)N1CCC(N2CCCC2)CC1. The molecule has 0 radical (unpaired) electrons. The highest BCUT2D eigenvalue weighted by Crippen LogP contribution is 2.21. The monoisotopic (exact) mass is 240 g/mol. The van der Waals surface area contributed by atoms with Crippen molar-refractivity contribution in [3.8, 4) is 0 Å². The molecule has 0 atom stereocenters. The smallest absolute Gasteiger partial charge is 0.312 e. The number of carboxylic acid groups (broad SMARTS) is 1. The third kappa shape index (κ3) is 3.19. The first-order valence-corrected chi connectivity index (χ1v) is 6.40. The van der Waals surface area contributed by atoms with Crippen molar-refractivity contribution >= 4 is 11.9 Å². The second-order valence-electron chi connectivity index (χ2n) is 4.93. The van der Waals surface area contributed by atoms with E-state index < -0.39 is 5.97 Å². The molecule has 2 rings (SSSR count). The highest BCUT2D eigenvalue weighted by atomic mass is 16.4. The Hall–Kier alpha value is -1.10. The van der Waals surface area contributed by atoms with Crippen LogP contribution in [0.5, 0.6) is 0 Å². The summed E-state index contributed by atoms with van der Waals surface area (Å²) < 4.78 is 0. The van der Waals surface area contributed by atoms with Crippen LogP contribution in [0.15, 0.2) is 0 Å².